The van der Waals surface area contributed by atoms with Crippen molar-refractivity contribution in [2.75, 3.05) is 6.61 Å². The molecule has 0 aliphatic heterocycles. The number of unbranched alkanes of at least 4 members (excludes halogenated alkanes) is 3. The smallest absolute Gasteiger partial charge is 0.354 e. The Kier molecular flexibility index (Phi) is 15.0. The van der Waals surface area contributed by atoms with Crippen LogP contribution < -0.4 is 5.32 Å². The molecule has 0 aromatic carbocycles. The first kappa shape index (κ1) is 23.6. The van der Waals surface area contributed by atoms with Gasteiger partial charge in [0.25, 0.3) is 0 Å². The fourth-order valence-electron chi connectivity index (χ4n) is 1.61. The van der Waals surface area contributed by atoms with Gasteiger partial charge in [-0.05, 0) is 40.5 Å². The highest BCUT2D eigenvalue weighted by Gasteiger charge is 2.21. The van der Waals surface area contributed by atoms with Crippen LogP contribution in [0.3, 0.4) is 0 Å². The third-order valence-corrected chi connectivity index (χ3v) is 3.54. The summed E-state index contributed by atoms with van der Waals surface area (Å²) >= 11 is 0. The lowest BCUT2D eigenvalue weighted by atomic mass is 10.1. The van der Waals surface area contributed by atoms with Crippen molar-refractivity contribution in [2.45, 2.75) is 71.9 Å². The fraction of sp³-hybridized carbons (Fsp3) is 0.800. The first-order chi connectivity index (χ1) is 10.2. The zero-order valence-corrected chi connectivity index (χ0v) is 15.2. The van der Waals surface area contributed by atoms with E-state index in [1.165, 1.54) is 0 Å². The summed E-state index contributed by atoms with van der Waals surface area (Å²) in [5.41, 5.74) is 0. The fourth-order valence-corrected chi connectivity index (χ4v) is 2.57. The molecule has 0 aromatic heterocycles. The highest BCUT2D eigenvalue weighted by molar-refractivity contribution is 7.47. The highest BCUT2D eigenvalue weighted by atomic mass is 31.2. The minimum absolute atomic E-state index is 0. The molecule has 0 saturated carbocycles. The van der Waals surface area contributed by atoms with E-state index >= 15 is 0 Å². The predicted molar refractivity (Wildman–Crippen MR) is 91.7 cm³/mol. The van der Waals surface area contributed by atoms with E-state index in [0.29, 0.717) is 12.8 Å². The SMILES string of the molecule is C=C.CC(C)NC(=O)CCCCCCOP(=O)(O)OC(C)C.[HH]. The van der Waals surface area contributed by atoms with Crippen molar-refractivity contribution < 1.29 is 24.7 Å². The second-order valence-electron chi connectivity index (χ2n) is 5.34. The number of phosphoric ester groups is 1. The van der Waals surface area contributed by atoms with E-state index in [0.717, 1.165) is 19.3 Å². The van der Waals surface area contributed by atoms with Crippen LogP contribution >= 0.6 is 7.82 Å². The van der Waals surface area contributed by atoms with Gasteiger partial charge in [-0.15, -0.1) is 13.2 Å². The number of hydrogen-bond donors (Lipinski definition) is 2. The Bertz CT molecular complexity index is 340. The molecule has 0 rings (SSSR count). The van der Waals surface area contributed by atoms with Gasteiger partial charge in [-0.1, -0.05) is 12.8 Å². The Balaban J connectivity index is -0.00000128. The average molecular weight is 339 g/mol. The lowest BCUT2D eigenvalue weighted by Gasteiger charge is -2.14. The summed E-state index contributed by atoms with van der Waals surface area (Å²) in [6.45, 7) is 13.4. The summed E-state index contributed by atoms with van der Waals surface area (Å²) in [5, 5.41) is 2.83. The quantitative estimate of drug-likeness (QED) is 0.337. The molecule has 0 fully saturated rings. The lowest BCUT2D eigenvalue weighted by molar-refractivity contribution is -0.121. The summed E-state index contributed by atoms with van der Waals surface area (Å²) in [5.74, 6) is 0.0708. The zero-order valence-electron chi connectivity index (χ0n) is 14.3. The molecule has 0 spiro atoms. The molecular weight excluding hydrogens is 305 g/mol. The van der Waals surface area contributed by atoms with Crippen molar-refractivity contribution in [3.63, 3.8) is 0 Å². The molecule has 1 unspecified atom stereocenters. The van der Waals surface area contributed by atoms with E-state index in [-0.39, 0.29) is 26.1 Å². The van der Waals surface area contributed by atoms with Crippen molar-refractivity contribution in [1.29, 1.82) is 0 Å². The number of amides is 1. The molecule has 1 atom stereocenters. The van der Waals surface area contributed by atoms with Gasteiger partial charge in [0.15, 0.2) is 0 Å². The Morgan fingerprint density at radius 3 is 2.23 bits per heavy atom. The van der Waals surface area contributed by atoms with Gasteiger partial charge in [0.2, 0.25) is 5.91 Å². The molecule has 0 aromatic rings. The molecular formula is C15H34NO5P. The maximum absolute atomic E-state index is 11.4. The van der Waals surface area contributed by atoms with Crippen LogP contribution in [0, 0.1) is 0 Å². The van der Waals surface area contributed by atoms with Crippen LogP contribution in [0.5, 0.6) is 0 Å². The minimum atomic E-state index is -3.90. The monoisotopic (exact) mass is 339 g/mol. The van der Waals surface area contributed by atoms with E-state index in [4.69, 9.17) is 9.05 Å². The molecule has 7 heteroatoms. The van der Waals surface area contributed by atoms with Crippen molar-refractivity contribution in [3.8, 4) is 0 Å². The Hall–Kier alpha value is -0.680. The number of rotatable bonds is 11. The summed E-state index contributed by atoms with van der Waals surface area (Å²) in [7, 11) is -3.90. The standard InChI is InChI=1S/C13H28NO5P.C2H4.H2/c1-11(2)14-13(15)9-7-5-6-8-10-18-20(16,17)19-12(3)4;1-2;/h11-12H,5-10H2,1-4H3,(H,14,15)(H,16,17);1-2H2;1H. The number of hydrogen-bond acceptors (Lipinski definition) is 4. The molecule has 2 N–H and O–H groups in total. The number of nitrogens with one attached hydrogen (secondary N) is 1. The maximum atomic E-state index is 11.4. The summed E-state index contributed by atoms with van der Waals surface area (Å²) in [6, 6.07) is 0.176. The second kappa shape index (κ2) is 13.9. The van der Waals surface area contributed by atoms with Crippen molar-refractivity contribution >= 4 is 13.7 Å². The van der Waals surface area contributed by atoms with E-state index in [1.807, 2.05) is 13.8 Å². The molecule has 0 bridgehead atoms. The van der Waals surface area contributed by atoms with Gasteiger partial charge in [-0.25, -0.2) is 4.57 Å². The largest absolute Gasteiger partial charge is 0.472 e. The Labute approximate surface area is 136 Å². The third-order valence-electron chi connectivity index (χ3n) is 2.35. The van der Waals surface area contributed by atoms with Crippen LogP contribution in [0.1, 0.15) is 61.2 Å². The normalized spacial score (nSPS) is 13.4. The molecule has 0 aliphatic carbocycles. The number of phosphoric acid groups is 1. The van der Waals surface area contributed by atoms with Gasteiger partial charge >= 0.3 is 7.82 Å². The van der Waals surface area contributed by atoms with Crippen molar-refractivity contribution in [3.05, 3.63) is 13.2 Å². The van der Waals surface area contributed by atoms with E-state index < -0.39 is 7.82 Å². The molecule has 0 aliphatic rings. The van der Waals surface area contributed by atoms with Crippen molar-refractivity contribution in [1.82, 2.24) is 5.32 Å². The van der Waals surface area contributed by atoms with Crippen molar-refractivity contribution in [2.24, 2.45) is 0 Å². The van der Waals surface area contributed by atoms with E-state index in [2.05, 4.69) is 18.5 Å². The molecule has 0 saturated heterocycles. The summed E-state index contributed by atoms with van der Waals surface area (Å²) < 4.78 is 21.0. The molecule has 134 valence electrons. The Morgan fingerprint density at radius 1 is 1.18 bits per heavy atom. The zero-order chi connectivity index (χ0) is 17.6. The molecule has 0 radical (unpaired) electrons. The van der Waals surface area contributed by atoms with Crippen LogP contribution in [-0.4, -0.2) is 29.6 Å². The van der Waals surface area contributed by atoms with Crippen LogP contribution in [0.4, 0.5) is 0 Å². The van der Waals surface area contributed by atoms with Crippen LogP contribution in [0.25, 0.3) is 0 Å². The van der Waals surface area contributed by atoms with Gasteiger partial charge in [0.1, 0.15) is 0 Å². The van der Waals surface area contributed by atoms with Crippen LogP contribution in [0.15, 0.2) is 13.2 Å². The Morgan fingerprint density at radius 2 is 1.73 bits per heavy atom. The second-order valence-corrected chi connectivity index (χ2v) is 6.75. The minimum Gasteiger partial charge on any atom is -0.354 e. The molecule has 1 amide bonds. The number of carbonyl (C=O) groups is 1. The summed E-state index contributed by atoms with van der Waals surface area (Å²) in [6.07, 6.45) is 3.43. The van der Waals surface area contributed by atoms with E-state index in [9.17, 15) is 14.3 Å². The average Bonchev–Trinajstić information content (AvgIpc) is 2.37. The molecule has 6 nitrogen and oxygen atoms in total. The van der Waals surface area contributed by atoms with Gasteiger partial charge in [-0.2, -0.15) is 0 Å². The van der Waals surface area contributed by atoms with Gasteiger partial charge in [-0.3, -0.25) is 13.8 Å². The van der Waals surface area contributed by atoms with Crippen LogP contribution in [0.2, 0.25) is 0 Å². The predicted octanol–water partition coefficient (Wildman–Crippen LogP) is 4.05. The van der Waals surface area contributed by atoms with Gasteiger partial charge < -0.3 is 10.2 Å². The summed E-state index contributed by atoms with van der Waals surface area (Å²) in [4.78, 5) is 20.7. The highest BCUT2D eigenvalue weighted by Crippen LogP contribution is 2.44. The maximum Gasteiger partial charge on any atom is 0.472 e. The van der Waals surface area contributed by atoms with Gasteiger partial charge in [0, 0.05) is 13.9 Å². The first-order valence-corrected chi connectivity index (χ1v) is 9.17. The third kappa shape index (κ3) is 17.4. The molecule has 0 heterocycles. The first-order valence-electron chi connectivity index (χ1n) is 7.68. The van der Waals surface area contributed by atoms with Crippen LogP contribution in [-0.2, 0) is 18.4 Å². The van der Waals surface area contributed by atoms with E-state index in [1.54, 1.807) is 13.8 Å². The number of carbonyl (C=O) groups excluding carboxylic acids is 1. The van der Waals surface area contributed by atoms with Gasteiger partial charge in [0.05, 0.1) is 12.7 Å². The molecule has 22 heavy (non-hydrogen) atoms. The topological polar surface area (TPSA) is 84.9 Å². The lowest BCUT2D eigenvalue weighted by Crippen LogP contribution is -2.29.